The summed E-state index contributed by atoms with van der Waals surface area (Å²) >= 11 is 0. The summed E-state index contributed by atoms with van der Waals surface area (Å²) in [6, 6.07) is 7.31. The van der Waals surface area contributed by atoms with Crippen LogP contribution in [0.3, 0.4) is 0 Å². The van der Waals surface area contributed by atoms with Crippen LogP contribution in [0.25, 0.3) is 0 Å². The van der Waals surface area contributed by atoms with Gasteiger partial charge in [-0.1, -0.05) is 17.7 Å². The fraction of sp³-hybridized carbons (Fsp3) is 0.538. The van der Waals surface area contributed by atoms with Gasteiger partial charge in [0.15, 0.2) is 0 Å². The van der Waals surface area contributed by atoms with Crippen molar-refractivity contribution in [2.75, 3.05) is 19.7 Å². The number of aryl methyl sites for hydroxylation is 1. The van der Waals surface area contributed by atoms with Crippen LogP contribution < -0.4 is 10.1 Å². The molecule has 0 bridgehead atoms. The molecule has 0 heterocycles. The van der Waals surface area contributed by atoms with E-state index in [0.29, 0.717) is 5.75 Å². The van der Waals surface area contributed by atoms with E-state index in [2.05, 4.69) is 5.32 Å². The first-order valence-corrected chi connectivity index (χ1v) is 6.02. The van der Waals surface area contributed by atoms with Gasteiger partial charge in [0.25, 0.3) is 0 Å². The number of rotatable bonds is 7. The van der Waals surface area contributed by atoms with Crippen LogP contribution in [0.5, 0.6) is 5.75 Å². The Morgan fingerprint density at radius 3 is 2.47 bits per heavy atom. The highest BCUT2D eigenvalue weighted by atomic mass is 19.4. The second kappa shape index (κ2) is 7.35. The summed E-state index contributed by atoms with van der Waals surface area (Å²) in [5, 5.41) is 12.1. The van der Waals surface area contributed by atoms with Gasteiger partial charge in [-0.3, -0.25) is 0 Å². The summed E-state index contributed by atoms with van der Waals surface area (Å²) in [6.07, 6.45) is -5.91. The zero-order valence-electron chi connectivity index (χ0n) is 10.7. The van der Waals surface area contributed by atoms with Gasteiger partial charge < -0.3 is 15.2 Å². The van der Waals surface area contributed by atoms with Crippen molar-refractivity contribution in [2.45, 2.75) is 25.6 Å². The van der Waals surface area contributed by atoms with Crippen LogP contribution in [0.4, 0.5) is 13.2 Å². The molecule has 3 nitrogen and oxygen atoms in total. The number of nitrogens with one attached hydrogen (secondary N) is 1. The standard InChI is InChI=1S/C13H18F3NO2/c1-10-2-4-12(5-3-10)19-9-11(18)8-17-7-6-13(14,15)16/h2-5,11,17-18H,6-9H2,1H3. The molecule has 108 valence electrons. The van der Waals surface area contributed by atoms with Crippen molar-refractivity contribution in [2.24, 2.45) is 0 Å². The number of aliphatic hydroxyl groups is 1. The van der Waals surface area contributed by atoms with Gasteiger partial charge in [-0.15, -0.1) is 0 Å². The van der Waals surface area contributed by atoms with Gasteiger partial charge in [0.2, 0.25) is 0 Å². The lowest BCUT2D eigenvalue weighted by Gasteiger charge is -2.14. The molecule has 0 aromatic heterocycles. The summed E-state index contributed by atoms with van der Waals surface area (Å²) in [5.41, 5.74) is 1.10. The fourth-order valence-corrected chi connectivity index (χ4v) is 1.38. The Kier molecular flexibility index (Phi) is 6.11. The molecule has 6 heteroatoms. The largest absolute Gasteiger partial charge is 0.491 e. The molecule has 1 rings (SSSR count). The third-order valence-corrected chi connectivity index (χ3v) is 2.43. The van der Waals surface area contributed by atoms with E-state index in [-0.39, 0.29) is 19.7 Å². The summed E-state index contributed by atoms with van der Waals surface area (Å²) in [6.45, 7) is 1.86. The van der Waals surface area contributed by atoms with Gasteiger partial charge in [0, 0.05) is 13.1 Å². The minimum absolute atomic E-state index is 0.0437. The summed E-state index contributed by atoms with van der Waals surface area (Å²) < 4.78 is 40.9. The number of benzene rings is 1. The molecule has 0 saturated carbocycles. The average molecular weight is 277 g/mol. The Bertz CT molecular complexity index is 365. The molecule has 1 atom stereocenters. The summed E-state index contributed by atoms with van der Waals surface area (Å²) in [5.74, 6) is 0.625. The van der Waals surface area contributed by atoms with Gasteiger partial charge in [0.1, 0.15) is 18.5 Å². The van der Waals surface area contributed by atoms with Crippen LogP contribution in [-0.4, -0.2) is 37.1 Å². The van der Waals surface area contributed by atoms with Crippen LogP contribution in [0.2, 0.25) is 0 Å². The number of alkyl halides is 3. The molecule has 19 heavy (non-hydrogen) atoms. The SMILES string of the molecule is Cc1ccc(OCC(O)CNCCC(F)(F)F)cc1. The maximum absolute atomic E-state index is 11.9. The van der Waals surface area contributed by atoms with Gasteiger partial charge >= 0.3 is 6.18 Å². The lowest BCUT2D eigenvalue weighted by Crippen LogP contribution is -2.33. The highest BCUT2D eigenvalue weighted by molar-refractivity contribution is 5.26. The Morgan fingerprint density at radius 1 is 1.26 bits per heavy atom. The first-order valence-electron chi connectivity index (χ1n) is 6.02. The molecule has 0 radical (unpaired) electrons. The fourth-order valence-electron chi connectivity index (χ4n) is 1.38. The molecule has 0 aliphatic carbocycles. The Labute approximate surface area is 110 Å². The summed E-state index contributed by atoms with van der Waals surface area (Å²) in [4.78, 5) is 0. The maximum Gasteiger partial charge on any atom is 0.390 e. The van der Waals surface area contributed by atoms with E-state index >= 15 is 0 Å². The Balaban J connectivity index is 2.14. The molecule has 0 fully saturated rings. The lowest BCUT2D eigenvalue weighted by molar-refractivity contribution is -0.133. The van der Waals surface area contributed by atoms with Crippen molar-refractivity contribution in [3.63, 3.8) is 0 Å². The van der Waals surface area contributed by atoms with E-state index in [4.69, 9.17) is 4.74 Å². The molecule has 0 aliphatic rings. The van der Waals surface area contributed by atoms with E-state index in [1.165, 1.54) is 0 Å². The van der Waals surface area contributed by atoms with Crippen LogP contribution in [0.1, 0.15) is 12.0 Å². The highest BCUT2D eigenvalue weighted by Gasteiger charge is 2.26. The predicted octanol–water partition coefficient (Wildman–Crippen LogP) is 2.28. The van der Waals surface area contributed by atoms with E-state index in [9.17, 15) is 18.3 Å². The van der Waals surface area contributed by atoms with Crippen molar-refractivity contribution in [3.8, 4) is 5.75 Å². The molecular weight excluding hydrogens is 259 g/mol. The smallest absolute Gasteiger partial charge is 0.390 e. The molecule has 0 aliphatic heterocycles. The molecular formula is C13H18F3NO2. The van der Waals surface area contributed by atoms with E-state index < -0.39 is 18.7 Å². The van der Waals surface area contributed by atoms with Crippen molar-refractivity contribution >= 4 is 0 Å². The summed E-state index contributed by atoms with van der Waals surface area (Å²) in [7, 11) is 0. The van der Waals surface area contributed by atoms with Crippen molar-refractivity contribution < 1.29 is 23.0 Å². The van der Waals surface area contributed by atoms with Gasteiger partial charge in [-0.25, -0.2) is 0 Å². The van der Waals surface area contributed by atoms with E-state index in [1.807, 2.05) is 19.1 Å². The quantitative estimate of drug-likeness (QED) is 0.751. The first kappa shape index (κ1) is 15.8. The van der Waals surface area contributed by atoms with E-state index in [1.54, 1.807) is 12.1 Å². The van der Waals surface area contributed by atoms with Crippen LogP contribution in [-0.2, 0) is 0 Å². The second-order valence-corrected chi connectivity index (χ2v) is 4.35. The van der Waals surface area contributed by atoms with Crippen LogP contribution >= 0.6 is 0 Å². The monoisotopic (exact) mass is 277 g/mol. The third-order valence-electron chi connectivity index (χ3n) is 2.43. The topological polar surface area (TPSA) is 41.5 Å². The molecule has 0 spiro atoms. The molecule has 0 saturated heterocycles. The molecule has 1 aromatic carbocycles. The minimum Gasteiger partial charge on any atom is -0.491 e. The van der Waals surface area contributed by atoms with E-state index in [0.717, 1.165) is 5.56 Å². The third kappa shape index (κ3) is 7.69. The Morgan fingerprint density at radius 2 is 1.89 bits per heavy atom. The number of halogens is 3. The molecule has 2 N–H and O–H groups in total. The van der Waals surface area contributed by atoms with Crippen molar-refractivity contribution in [3.05, 3.63) is 29.8 Å². The Hall–Kier alpha value is -1.27. The number of aliphatic hydroxyl groups excluding tert-OH is 1. The molecule has 1 unspecified atom stereocenters. The van der Waals surface area contributed by atoms with Gasteiger partial charge in [-0.05, 0) is 19.1 Å². The van der Waals surface area contributed by atoms with Crippen molar-refractivity contribution in [1.29, 1.82) is 0 Å². The van der Waals surface area contributed by atoms with Gasteiger partial charge in [-0.2, -0.15) is 13.2 Å². The number of hydrogen-bond donors (Lipinski definition) is 2. The zero-order chi connectivity index (χ0) is 14.3. The maximum atomic E-state index is 11.9. The molecule has 1 aromatic rings. The minimum atomic E-state index is -4.17. The number of hydrogen-bond acceptors (Lipinski definition) is 3. The first-order chi connectivity index (χ1) is 8.87. The average Bonchev–Trinajstić information content (AvgIpc) is 2.33. The van der Waals surface area contributed by atoms with Crippen LogP contribution in [0.15, 0.2) is 24.3 Å². The normalized spacial score (nSPS) is 13.3. The molecule has 0 amide bonds. The zero-order valence-corrected chi connectivity index (χ0v) is 10.7. The number of ether oxygens (including phenoxy) is 1. The van der Waals surface area contributed by atoms with Crippen molar-refractivity contribution in [1.82, 2.24) is 5.32 Å². The highest BCUT2D eigenvalue weighted by Crippen LogP contribution is 2.18. The van der Waals surface area contributed by atoms with Crippen LogP contribution in [0, 0.1) is 6.92 Å². The lowest BCUT2D eigenvalue weighted by atomic mass is 10.2. The second-order valence-electron chi connectivity index (χ2n) is 4.35. The van der Waals surface area contributed by atoms with Gasteiger partial charge in [0.05, 0.1) is 6.42 Å². The predicted molar refractivity (Wildman–Crippen MR) is 66.2 cm³/mol.